The lowest BCUT2D eigenvalue weighted by atomic mass is 10.1. The van der Waals surface area contributed by atoms with E-state index < -0.39 is 29.0 Å². The third-order valence-electron chi connectivity index (χ3n) is 7.48. The average Bonchev–Trinajstić information content (AvgIpc) is 3.60. The van der Waals surface area contributed by atoms with E-state index >= 15 is 4.39 Å². The van der Waals surface area contributed by atoms with E-state index in [2.05, 4.69) is 21.4 Å². The Labute approximate surface area is 220 Å². The number of benzene rings is 2. The Morgan fingerprint density at radius 1 is 1.15 bits per heavy atom. The predicted octanol–water partition coefficient (Wildman–Crippen LogP) is 4.66. The monoisotopic (exact) mass is 537 g/mol. The van der Waals surface area contributed by atoms with Crippen LogP contribution in [0.2, 0.25) is 0 Å². The van der Waals surface area contributed by atoms with E-state index in [0.717, 1.165) is 6.07 Å². The minimum absolute atomic E-state index is 0.0416. The largest absolute Gasteiger partial charge is 0.366 e. The smallest absolute Gasteiger partial charge is 0.266 e. The highest BCUT2D eigenvalue weighted by molar-refractivity contribution is 5.94. The van der Waals surface area contributed by atoms with Crippen LogP contribution in [0.5, 0.6) is 0 Å². The van der Waals surface area contributed by atoms with Crippen molar-refractivity contribution in [2.45, 2.75) is 25.8 Å². The van der Waals surface area contributed by atoms with Crippen LogP contribution in [0.3, 0.4) is 0 Å². The first-order valence-corrected chi connectivity index (χ1v) is 12.5. The topological polar surface area (TPSA) is 89.6 Å². The number of alkyl halides is 2. The number of fused-ring (bicyclic) bond motifs is 3. The lowest BCUT2D eigenvalue weighted by molar-refractivity contribution is -0.135. The molecule has 2 fully saturated rings. The second-order valence-corrected chi connectivity index (χ2v) is 9.83. The van der Waals surface area contributed by atoms with Crippen molar-refractivity contribution in [3.63, 3.8) is 0 Å². The number of piperazine rings is 1. The van der Waals surface area contributed by atoms with Gasteiger partial charge in [-0.15, -0.1) is 0 Å². The van der Waals surface area contributed by atoms with Crippen LogP contribution < -0.4 is 10.2 Å². The Hall–Kier alpha value is -4.40. The Morgan fingerprint density at radius 3 is 2.62 bits per heavy atom. The molecule has 39 heavy (non-hydrogen) atoms. The summed E-state index contributed by atoms with van der Waals surface area (Å²) in [6, 6.07) is 8.96. The van der Waals surface area contributed by atoms with Crippen molar-refractivity contribution in [3.05, 3.63) is 65.5 Å². The number of nitrogens with one attached hydrogen (secondary N) is 1. The van der Waals surface area contributed by atoms with Crippen LogP contribution in [0, 0.1) is 28.4 Å². The van der Waals surface area contributed by atoms with Crippen LogP contribution in [-0.4, -0.2) is 51.4 Å². The molecule has 1 N–H and O–H groups in total. The number of aromatic nitrogens is 3. The molecule has 0 bridgehead atoms. The van der Waals surface area contributed by atoms with Crippen molar-refractivity contribution in [1.29, 1.82) is 5.26 Å². The van der Waals surface area contributed by atoms with Gasteiger partial charge in [0.05, 0.1) is 22.8 Å². The molecule has 4 aromatic rings. The number of carbonyl (C=O) groups is 1. The predicted molar refractivity (Wildman–Crippen MR) is 135 cm³/mol. The molecule has 2 aliphatic rings. The van der Waals surface area contributed by atoms with E-state index in [1.807, 2.05) is 4.90 Å². The molecule has 2 aromatic carbocycles. The Kier molecular flexibility index (Phi) is 6.01. The molecule has 6 rings (SSSR count). The molecule has 0 spiro atoms. The highest BCUT2D eigenvalue weighted by Gasteiger charge is 2.52. The normalized spacial score (nSPS) is 16.6. The van der Waals surface area contributed by atoms with E-state index in [4.69, 9.17) is 0 Å². The summed E-state index contributed by atoms with van der Waals surface area (Å²) in [7, 11) is 0. The fraction of sp³-hybridized carbons (Fsp3) is 0.333. The van der Waals surface area contributed by atoms with Crippen molar-refractivity contribution in [2.24, 2.45) is 5.41 Å². The molecule has 200 valence electrons. The van der Waals surface area contributed by atoms with E-state index in [1.54, 1.807) is 21.6 Å². The number of rotatable bonds is 6. The average molecular weight is 538 g/mol. The van der Waals surface area contributed by atoms with Crippen LogP contribution >= 0.6 is 0 Å². The van der Waals surface area contributed by atoms with Gasteiger partial charge in [-0.2, -0.15) is 10.2 Å². The Morgan fingerprint density at radius 2 is 1.92 bits per heavy atom. The van der Waals surface area contributed by atoms with E-state index in [0.29, 0.717) is 61.4 Å². The molecular weight excluding hydrogens is 514 g/mol. The van der Waals surface area contributed by atoms with Gasteiger partial charge >= 0.3 is 0 Å². The summed E-state index contributed by atoms with van der Waals surface area (Å²) >= 11 is 0. The number of anilines is 2. The second-order valence-electron chi connectivity index (χ2n) is 9.83. The summed E-state index contributed by atoms with van der Waals surface area (Å²) < 4.78 is 58.0. The lowest BCUT2D eigenvalue weighted by Gasteiger charge is -2.37. The molecule has 1 aliphatic heterocycles. The third kappa shape index (κ3) is 4.27. The van der Waals surface area contributed by atoms with Gasteiger partial charge in [0, 0.05) is 62.1 Å². The summed E-state index contributed by atoms with van der Waals surface area (Å²) in [4.78, 5) is 24.9. The molecule has 12 heteroatoms. The number of nitrogens with zero attached hydrogens (tertiary/aromatic N) is 6. The molecule has 0 radical (unpaired) electrons. The summed E-state index contributed by atoms with van der Waals surface area (Å²) in [6.45, 7) is 1.36. The molecule has 1 saturated heterocycles. The fourth-order valence-electron chi connectivity index (χ4n) is 5.08. The highest BCUT2D eigenvalue weighted by atomic mass is 19.3. The van der Waals surface area contributed by atoms with Gasteiger partial charge in [-0.05, 0) is 18.9 Å². The van der Waals surface area contributed by atoms with E-state index in [-0.39, 0.29) is 23.8 Å². The number of nitriles is 1. The summed E-state index contributed by atoms with van der Waals surface area (Å²) in [5, 5.41) is 12.9. The van der Waals surface area contributed by atoms with Crippen molar-refractivity contribution in [1.82, 2.24) is 19.3 Å². The number of imidazole rings is 1. The molecule has 1 saturated carbocycles. The minimum atomic E-state index is -2.94. The Bertz CT molecular complexity index is 1630. The number of halogens is 4. The van der Waals surface area contributed by atoms with Crippen molar-refractivity contribution in [2.75, 3.05) is 36.4 Å². The zero-order chi connectivity index (χ0) is 27.3. The molecule has 3 heterocycles. The van der Waals surface area contributed by atoms with Crippen LogP contribution in [0.4, 0.5) is 29.1 Å². The quantitative estimate of drug-likeness (QED) is 0.360. The maximum absolute atomic E-state index is 15.4. The summed E-state index contributed by atoms with van der Waals surface area (Å²) in [5.41, 5.74) is -0.750. The maximum Gasteiger partial charge on any atom is 0.266 e. The van der Waals surface area contributed by atoms with Gasteiger partial charge in [-0.25, -0.2) is 22.5 Å². The van der Waals surface area contributed by atoms with Gasteiger partial charge < -0.3 is 15.1 Å². The Balaban J connectivity index is 1.31. The van der Waals surface area contributed by atoms with Crippen LogP contribution in [0.25, 0.3) is 16.7 Å². The van der Waals surface area contributed by atoms with Gasteiger partial charge in [0.25, 0.3) is 6.43 Å². The highest BCUT2D eigenvalue weighted by Crippen LogP contribution is 2.46. The first-order valence-electron chi connectivity index (χ1n) is 12.5. The zero-order valence-corrected chi connectivity index (χ0v) is 20.7. The van der Waals surface area contributed by atoms with Crippen LogP contribution in [-0.2, 0) is 11.3 Å². The second kappa shape index (κ2) is 9.41. The van der Waals surface area contributed by atoms with Crippen molar-refractivity contribution in [3.8, 4) is 6.07 Å². The molecule has 0 atom stereocenters. The first kappa shape index (κ1) is 24.9. The van der Waals surface area contributed by atoms with Gasteiger partial charge in [0.1, 0.15) is 22.9 Å². The molecular formula is C27H23F4N7O. The number of hydrogen-bond donors (Lipinski definition) is 1. The molecule has 1 amide bonds. The van der Waals surface area contributed by atoms with Gasteiger partial charge in [0.2, 0.25) is 11.7 Å². The first-order chi connectivity index (χ1) is 18.8. The van der Waals surface area contributed by atoms with Gasteiger partial charge in [-0.3, -0.25) is 9.20 Å². The lowest BCUT2D eigenvalue weighted by Crippen LogP contribution is -2.51. The fourth-order valence-corrected chi connectivity index (χ4v) is 5.08. The zero-order valence-electron chi connectivity index (χ0n) is 20.7. The van der Waals surface area contributed by atoms with Gasteiger partial charge in [0.15, 0.2) is 0 Å². The summed E-state index contributed by atoms with van der Waals surface area (Å²) in [5.74, 6) is -1.04. The van der Waals surface area contributed by atoms with Crippen molar-refractivity contribution >= 4 is 34.1 Å². The SMILES string of the molecule is N#CC1(C(=O)N2CCN(c3cc4c(NCc5cccc(C(F)F)c5F)nc5nccn5c4cc3F)CC2)CC1. The maximum atomic E-state index is 15.4. The minimum Gasteiger partial charge on any atom is -0.366 e. The molecule has 0 unspecified atom stereocenters. The van der Waals surface area contributed by atoms with Gasteiger partial charge in [-0.1, -0.05) is 18.2 Å². The standard InChI is InChI=1S/C27H23F4N7O/c28-19-13-20-18(12-21(19)36-8-10-37(11-9-36)25(39)27(15-32)4-5-27)24(35-26-33-6-7-38(20)26)34-14-16-2-1-3-17(22(16)29)23(30)31/h1-3,6-7,12-13,23H,4-5,8-11,14H2,(H,33,34,35). The van der Waals surface area contributed by atoms with E-state index in [9.17, 15) is 23.2 Å². The number of hydrogen-bond acceptors (Lipinski definition) is 6. The number of carbonyl (C=O) groups excluding carboxylic acids is 1. The third-order valence-corrected chi connectivity index (χ3v) is 7.48. The number of amides is 1. The van der Waals surface area contributed by atoms with Crippen molar-refractivity contribution < 1.29 is 22.4 Å². The molecule has 2 aromatic heterocycles. The summed E-state index contributed by atoms with van der Waals surface area (Å²) in [6.07, 6.45) is 1.37. The molecule has 8 nitrogen and oxygen atoms in total. The van der Waals surface area contributed by atoms with Crippen LogP contribution in [0.1, 0.15) is 30.4 Å². The van der Waals surface area contributed by atoms with Crippen LogP contribution in [0.15, 0.2) is 42.7 Å². The molecule has 1 aliphatic carbocycles. The van der Waals surface area contributed by atoms with E-state index in [1.165, 1.54) is 24.4 Å².